The molecular formula is C8H13IO3. The number of hydrogen-bond acceptors (Lipinski definition) is 3. The second-order valence-corrected chi connectivity index (χ2v) is 4.60. The fourth-order valence-corrected chi connectivity index (χ4v) is 2.63. The summed E-state index contributed by atoms with van der Waals surface area (Å²) in [6, 6.07) is 0. The predicted octanol–water partition coefficient (Wildman–Crippen LogP) is 1.12. The molecule has 0 bridgehead atoms. The first-order valence-corrected chi connectivity index (χ1v) is 5.38. The van der Waals surface area contributed by atoms with E-state index in [9.17, 15) is 9.90 Å². The molecule has 12 heavy (non-hydrogen) atoms. The molecule has 0 unspecified atom stereocenters. The van der Waals surface area contributed by atoms with Gasteiger partial charge >= 0.3 is 5.97 Å². The highest BCUT2D eigenvalue weighted by molar-refractivity contribution is 14.1. The molecule has 3 atom stereocenters. The fourth-order valence-electron chi connectivity index (χ4n) is 1.45. The van der Waals surface area contributed by atoms with Gasteiger partial charge in [0.15, 0.2) is 0 Å². The van der Waals surface area contributed by atoms with Crippen LogP contribution < -0.4 is 0 Å². The van der Waals surface area contributed by atoms with E-state index < -0.39 is 0 Å². The third-order valence-electron chi connectivity index (χ3n) is 2.05. The van der Waals surface area contributed by atoms with E-state index in [1.807, 2.05) is 0 Å². The molecule has 3 nitrogen and oxygen atoms in total. The number of halogens is 1. The molecule has 1 aliphatic carbocycles. The van der Waals surface area contributed by atoms with Crippen LogP contribution in [0.4, 0.5) is 0 Å². The monoisotopic (exact) mass is 284 g/mol. The summed E-state index contributed by atoms with van der Waals surface area (Å²) in [5.74, 6) is -0.256. The summed E-state index contributed by atoms with van der Waals surface area (Å²) in [6.07, 6.45) is 0.956. The summed E-state index contributed by atoms with van der Waals surface area (Å²) in [7, 11) is 0. The van der Waals surface area contributed by atoms with Crippen LogP contribution in [0.3, 0.4) is 0 Å². The van der Waals surface area contributed by atoms with Crippen LogP contribution in [0.5, 0.6) is 0 Å². The first-order chi connectivity index (χ1) is 5.65. The zero-order valence-electron chi connectivity index (χ0n) is 7.00. The van der Waals surface area contributed by atoms with Gasteiger partial charge in [-0.05, 0) is 19.8 Å². The van der Waals surface area contributed by atoms with Crippen molar-refractivity contribution in [1.82, 2.24) is 0 Å². The highest BCUT2D eigenvalue weighted by Crippen LogP contribution is 2.32. The van der Waals surface area contributed by atoms with Gasteiger partial charge < -0.3 is 9.84 Å². The average molecular weight is 284 g/mol. The van der Waals surface area contributed by atoms with Crippen molar-refractivity contribution in [3.05, 3.63) is 0 Å². The van der Waals surface area contributed by atoms with Gasteiger partial charge in [-0.2, -0.15) is 0 Å². The van der Waals surface area contributed by atoms with E-state index in [2.05, 4.69) is 22.6 Å². The summed E-state index contributed by atoms with van der Waals surface area (Å²) < 4.78 is 5.12. The van der Waals surface area contributed by atoms with Crippen LogP contribution in [0.15, 0.2) is 0 Å². The van der Waals surface area contributed by atoms with E-state index in [0.29, 0.717) is 19.4 Å². The quantitative estimate of drug-likeness (QED) is 0.469. The molecule has 0 heterocycles. The molecule has 0 saturated heterocycles. The minimum absolute atomic E-state index is 0.0967. The minimum atomic E-state index is -0.318. The van der Waals surface area contributed by atoms with Crippen molar-refractivity contribution in [2.45, 2.75) is 29.8 Å². The van der Waals surface area contributed by atoms with Crippen LogP contribution in [-0.4, -0.2) is 27.7 Å². The Morgan fingerprint density at radius 1 is 1.67 bits per heavy atom. The molecule has 1 aliphatic rings. The molecule has 0 amide bonds. The number of hydrogen-bond donors (Lipinski definition) is 1. The number of alkyl halides is 1. The highest BCUT2D eigenvalue weighted by Gasteiger charge is 2.37. The Kier molecular flexibility index (Phi) is 3.77. The maximum atomic E-state index is 11.3. The Morgan fingerprint density at radius 2 is 2.33 bits per heavy atom. The first kappa shape index (κ1) is 10.2. The molecule has 1 fully saturated rings. The van der Waals surface area contributed by atoms with Gasteiger partial charge in [0.2, 0.25) is 0 Å². The normalized spacial score (nSPS) is 35.1. The minimum Gasteiger partial charge on any atom is -0.466 e. The number of carbonyl (C=O) groups is 1. The zero-order chi connectivity index (χ0) is 9.14. The highest BCUT2D eigenvalue weighted by atomic mass is 127. The Balaban J connectivity index is 2.46. The molecule has 0 aromatic heterocycles. The van der Waals surface area contributed by atoms with E-state index >= 15 is 0 Å². The summed E-state index contributed by atoms with van der Waals surface area (Å²) in [4.78, 5) is 11.3. The molecule has 0 aromatic rings. The molecule has 1 saturated carbocycles. The van der Waals surface area contributed by atoms with Crippen LogP contribution in [-0.2, 0) is 9.53 Å². The van der Waals surface area contributed by atoms with E-state index in [-0.39, 0.29) is 21.9 Å². The van der Waals surface area contributed by atoms with Gasteiger partial charge in [-0.3, -0.25) is 4.79 Å². The van der Waals surface area contributed by atoms with Gasteiger partial charge in [0.05, 0.1) is 18.6 Å². The molecule has 1 rings (SSSR count). The Morgan fingerprint density at radius 3 is 2.75 bits per heavy atom. The molecule has 1 N–H and O–H groups in total. The van der Waals surface area contributed by atoms with Crippen LogP contribution in [0.25, 0.3) is 0 Å². The van der Waals surface area contributed by atoms with Gasteiger partial charge in [-0.15, -0.1) is 0 Å². The van der Waals surface area contributed by atoms with Gasteiger partial charge in [0, 0.05) is 3.92 Å². The molecule has 70 valence electrons. The molecule has 4 heteroatoms. The Hall–Kier alpha value is 0.160. The number of rotatable bonds is 2. The van der Waals surface area contributed by atoms with Crippen LogP contribution >= 0.6 is 22.6 Å². The number of esters is 1. The third-order valence-corrected chi connectivity index (χ3v) is 3.43. The van der Waals surface area contributed by atoms with E-state index in [1.54, 1.807) is 6.92 Å². The first-order valence-electron chi connectivity index (χ1n) is 4.14. The molecule has 0 aliphatic heterocycles. The van der Waals surface area contributed by atoms with Crippen LogP contribution in [0, 0.1) is 5.92 Å². The van der Waals surface area contributed by atoms with Crippen molar-refractivity contribution in [3.63, 3.8) is 0 Å². The zero-order valence-corrected chi connectivity index (χ0v) is 9.15. The van der Waals surface area contributed by atoms with E-state index in [0.717, 1.165) is 0 Å². The lowest BCUT2D eigenvalue weighted by Crippen LogP contribution is -2.21. The van der Waals surface area contributed by atoms with Crippen LogP contribution in [0.1, 0.15) is 19.8 Å². The third kappa shape index (κ3) is 2.32. The predicted molar refractivity (Wildman–Crippen MR) is 53.2 cm³/mol. The van der Waals surface area contributed by atoms with Gasteiger partial charge in [-0.25, -0.2) is 0 Å². The molecule has 0 radical (unpaired) electrons. The van der Waals surface area contributed by atoms with Crippen molar-refractivity contribution in [1.29, 1.82) is 0 Å². The molecular weight excluding hydrogens is 271 g/mol. The Labute approximate surface area is 85.6 Å². The Bertz CT molecular complexity index is 172. The fraction of sp³-hybridized carbons (Fsp3) is 0.875. The smallest absolute Gasteiger partial charge is 0.310 e. The van der Waals surface area contributed by atoms with E-state index in [4.69, 9.17) is 4.74 Å². The maximum absolute atomic E-state index is 11.3. The van der Waals surface area contributed by atoms with Gasteiger partial charge in [0.25, 0.3) is 0 Å². The summed E-state index contributed by atoms with van der Waals surface area (Å²) in [5, 5.41) is 9.27. The number of aliphatic hydroxyl groups is 1. The summed E-state index contributed by atoms with van der Waals surface area (Å²) in [6.45, 7) is 2.22. The van der Waals surface area contributed by atoms with Crippen molar-refractivity contribution < 1.29 is 14.6 Å². The lowest BCUT2D eigenvalue weighted by atomic mass is 10.1. The topological polar surface area (TPSA) is 46.5 Å². The maximum Gasteiger partial charge on any atom is 0.310 e. The second kappa shape index (κ2) is 4.41. The number of carbonyl (C=O) groups excluding carboxylic acids is 1. The summed E-state index contributed by atoms with van der Waals surface area (Å²) in [5.41, 5.74) is 0. The van der Waals surface area contributed by atoms with Gasteiger partial charge in [-0.1, -0.05) is 22.6 Å². The summed E-state index contributed by atoms with van der Waals surface area (Å²) >= 11 is 2.20. The standard InChI is InChI=1S/C8H13IO3/c1-2-12-8(11)6-3-5(10)4-7(6)9/h5-7,10H,2-4H2,1H3/t5-,6+,7-/m1/s1. The number of ether oxygens (including phenoxy) is 1. The number of aliphatic hydroxyl groups excluding tert-OH is 1. The van der Waals surface area contributed by atoms with Crippen molar-refractivity contribution >= 4 is 28.6 Å². The SMILES string of the molecule is CCOC(=O)[C@H]1C[C@@H](O)C[C@H]1I. The lowest BCUT2D eigenvalue weighted by molar-refractivity contribution is -0.147. The van der Waals surface area contributed by atoms with Crippen molar-refractivity contribution in [2.75, 3.05) is 6.61 Å². The van der Waals surface area contributed by atoms with E-state index in [1.165, 1.54) is 0 Å². The van der Waals surface area contributed by atoms with Crippen molar-refractivity contribution in [2.24, 2.45) is 5.92 Å². The largest absolute Gasteiger partial charge is 0.466 e. The van der Waals surface area contributed by atoms with Crippen LogP contribution in [0.2, 0.25) is 0 Å². The van der Waals surface area contributed by atoms with Crippen molar-refractivity contribution in [3.8, 4) is 0 Å². The lowest BCUT2D eigenvalue weighted by Gasteiger charge is -2.11. The molecule has 0 aromatic carbocycles. The second-order valence-electron chi connectivity index (χ2n) is 3.00. The average Bonchev–Trinajstić information content (AvgIpc) is 2.30. The molecule has 0 spiro atoms. The van der Waals surface area contributed by atoms with Gasteiger partial charge in [0.1, 0.15) is 0 Å².